The second-order valence-electron chi connectivity index (χ2n) is 8.23. The van der Waals surface area contributed by atoms with E-state index >= 15 is 0 Å². The fourth-order valence-corrected chi connectivity index (χ4v) is 5.21. The lowest BCUT2D eigenvalue weighted by atomic mass is 9.74. The smallest absolute Gasteiger partial charge is 0.167 e. The molecule has 0 N–H and O–H groups in total. The Balaban J connectivity index is 1.83. The van der Waals surface area contributed by atoms with Gasteiger partial charge in [-0.3, -0.25) is 14.7 Å². The maximum absolute atomic E-state index is 13.6. The van der Waals surface area contributed by atoms with Crippen LogP contribution in [0, 0.1) is 5.41 Å². The number of carbonyl (C=O) groups is 1. The van der Waals surface area contributed by atoms with E-state index in [0.29, 0.717) is 0 Å². The van der Waals surface area contributed by atoms with E-state index in [4.69, 9.17) is 0 Å². The lowest BCUT2D eigenvalue weighted by Gasteiger charge is -2.44. The van der Waals surface area contributed by atoms with Crippen molar-refractivity contribution in [2.45, 2.75) is 31.3 Å². The predicted molar refractivity (Wildman–Crippen MR) is 127 cm³/mol. The number of hydrogen-bond donors (Lipinski definition) is 0. The van der Waals surface area contributed by atoms with Gasteiger partial charge in [0.1, 0.15) is 0 Å². The Bertz CT molecular complexity index is 1020. The molecule has 0 radical (unpaired) electrons. The van der Waals surface area contributed by atoms with Crippen LogP contribution in [0.25, 0.3) is 6.08 Å². The van der Waals surface area contributed by atoms with Crippen LogP contribution in [-0.2, 0) is 11.3 Å². The van der Waals surface area contributed by atoms with E-state index in [1.54, 1.807) is 29.3 Å². The molecule has 1 fully saturated rings. The van der Waals surface area contributed by atoms with E-state index in [0.717, 1.165) is 29.9 Å². The van der Waals surface area contributed by atoms with Crippen LogP contribution in [0.2, 0.25) is 0 Å². The molecule has 30 heavy (non-hydrogen) atoms. The molecule has 3 aromatic rings. The zero-order valence-electron chi connectivity index (χ0n) is 17.5. The van der Waals surface area contributed by atoms with Gasteiger partial charge in [-0.05, 0) is 53.6 Å². The maximum Gasteiger partial charge on any atom is 0.167 e. The van der Waals surface area contributed by atoms with Crippen LogP contribution in [0.3, 0.4) is 0 Å². The summed E-state index contributed by atoms with van der Waals surface area (Å²) in [5, 5.41) is 2.11. The second-order valence-corrected chi connectivity index (χ2v) is 10.1. The second kappa shape index (κ2) is 8.88. The van der Waals surface area contributed by atoms with Gasteiger partial charge in [-0.15, -0.1) is 23.1 Å². The highest BCUT2D eigenvalue weighted by molar-refractivity contribution is 7.98. The number of aromatic nitrogens is 1. The van der Waals surface area contributed by atoms with E-state index in [9.17, 15) is 4.79 Å². The first kappa shape index (κ1) is 21.0. The highest BCUT2D eigenvalue weighted by atomic mass is 32.2. The normalized spacial score (nSPS) is 20.6. The van der Waals surface area contributed by atoms with Gasteiger partial charge in [0.15, 0.2) is 5.78 Å². The van der Waals surface area contributed by atoms with Gasteiger partial charge in [-0.25, -0.2) is 0 Å². The minimum absolute atomic E-state index is 0.0921. The Morgan fingerprint density at radius 3 is 2.60 bits per heavy atom. The first-order valence-corrected chi connectivity index (χ1v) is 12.2. The molecule has 4 rings (SSSR count). The highest BCUT2D eigenvalue weighted by Gasteiger charge is 2.44. The Labute approximate surface area is 186 Å². The number of piperidine rings is 1. The molecular weight excluding hydrogens is 408 g/mol. The molecule has 0 aliphatic carbocycles. The Hall–Kier alpha value is -2.21. The van der Waals surface area contributed by atoms with Crippen molar-refractivity contribution in [3.05, 3.63) is 87.9 Å². The molecule has 3 nitrogen and oxygen atoms in total. The van der Waals surface area contributed by atoms with Gasteiger partial charge in [0.2, 0.25) is 0 Å². The van der Waals surface area contributed by atoms with Crippen molar-refractivity contribution in [1.82, 2.24) is 9.88 Å². The minimum atomic E-state index is -0.451. The maximum atomic E-state index is 13.6. The third-order valence-electron chi connectivity index (χ3n) is 5.50. The lowest BCUT2D eigenvalue weighted by Crippen LogP contribution is -2.48. The summed E-state index contributed by atoms with van der Waals surface area (Å²) in [6.07, 6.45) is 5.84. The van der Waals surface area contributed by atoms with Crippen LogP contribution < -0.4 is 0 Å². The van der Waals surface area contributed by atoms with Crippen molar-refractivity contribution < 1.29 is 4.79 Å². The molecule has 1 aliphatic heterocycles. The van der Waals surface area contributed by atoms with Crippen molar-refractivity contribution >= 4 is 35.0 Å². The molecule has 1 unspecified atom stereocenters. The van der Waals surface area contributed by atoms with Gasteiger partial charge in [0.25, 0.3) is 0 Å². The number of benzene rings is 1. The third-order valence-corrected chi connectivity index (χ3v) is 7.10. The molecule has 0 spiro atoms. The van der Waals surface area contributed by atoms with Crippen LogP contribution >= 0.6 is 23.1 Å². The standard InChI is InChI=1S/C25H26N2OS2/c1-25(2)17-27(16-21-8-6-14-30-21)23(18-9-11-20(29-3)12-10-18)22(24(25)28)15-19-7-4-5-13-26-19/h4-15,23H,16-17H2,1-3H3. The SMILES string of the molecule is CSc1ccc(C2C(=Cc3ccccn3)C(=O)C(C)(C)CN2Cc2cccs2)cc1. The number of rotatable bonds is 5. The molecule has 1 aromatic carbocycles. The quantitative estimate of drug-likeness (QED) is 0.359. The zero-order chi connectivity index (χ0) is 21.1. The summed E-state index contributed by atoms with van der Waals surface area (Å²) >= 11 is 3.49. The molecule has 0 bridgehead atoms. The first-order valence-electron chi connectivity index (χ1n) is 10.1. The average molecular weight is 435 g/mol. The molecule has 5 heteroatoms. The molecule has 1 saturated heterocycles. The fourth-order valence-electron chi connectivity index (χ4n) is 4.07. The zero-order valence-corrected chi connectivity index (χ0v) is 19.2. The number of hydrogen-bond acceptors (Lipinski definition) is 5. The number of pyridine rings is 1. The molecule has 0 amide bonds. The summed E-state index contributed by atoms with van der Waals surface area (Å²) in [5.41, 5.74) is 2.34. The topological polar surface area (TPSA) is 33.2 Å². The summed E-state index contributed by atoms with van der Waals surface area (Å²) < 4.78 is 0. The summed E-state index contributed by atoms with van der Waals surface area (Å²) in [6.45, 7) is 5.65. The van der Waals surface area contributed by atoms with E-state index in [-0.39, 0.29) is 11.8 Å². The fraction of sp³-hybridized carbons (Fsp3) is 0.280. The van der Waals surface area contributed by atoms with Crippen LogP contribution in [0.15, 0.2) is 76.6 Å². The summed E-state index contributed by atoms with van der Waals surface area (Å²) in [4.78, 5) is 23.0. The van der Waals surface area contributed by atoms with Crippen molar-refractivity contribution in [3.8, 4) is 0 Å². The Morgan fingerprint density at radius 2 is 1.97 bits per heavy atom. The third kappa shape index (κ3) is 4.43. The van der Waals surface area contributed by atoms with Crippen LogP contribution in [-0.4, -0.2) is 28.5 Å². The van der Waals surface area contributed by atoms with Crippen LogP contribution in [0.5, 0.6) is 0 Å². The molecule has 0 saturated carbocycles. The largest absolute Gasteiger partial charge is 0.294 e. The number of ketones is 1. The number of thiophene rings is 1. The van der Waals surface area contributed by atoms with Gasteiger partial charge >= 0.3 is 0 Å². The molecule has 1 atom stereocenters. The van der Waals surface area contributed by atoms with E-state index in [1.165, 1.54) is 9.77 Å². The summed E-state index contributed by atoms with van der Waals surface area (Å²) in [7, 11) is 0. The summed E-state index contributed by atoms with van der Waals surface area (Å²) in [6, 6.07) is 18.6. The summed E-state index contributed by atoms with van der Waals surface area (Å²) in [5.74, 6) is 0.203. The molecule has 3 heterocycles. The van der Waals surface area contributed by atoms with Crippen molar-refractivity contribution in [3.63, 3.8) is 0 Å². The Kier molecular flexibility index (Phi) is 6.23. The first-order chi connectivity index (χ1) is 14.5. The van der Waals surface area contributed by atoms with Crippen LogP contribution in [0.4, 0.5) is 0 Å². The van der Waals surface area contributed by atoms with E-state index in [1.807, 2.05) is 24.3 Å². The number of carbonyl (C=O) groups excluding carboxylic acids is 1. The monoisotopic (exact) mass is 434 g/mol. The number of likely N-dealkylation sites (tertiary alicyclic amines) is 1. The van der Waals surface area contributed by atoms with E-state index in [2.05, 4.69) is 71.8 Å². The predicted octanol–water partition coefficient (Wildman–Crippen LogP) is 6.10. The molecule has 2 aromatic heterocycles. The van der Waals surface area contributed by atoms with Gasteiger partial charge in [0, 0.05) is 40.0 Å². The molecule has 1 aliphatic rings. The van der Waals surface area contributed by atoms with Gasteiger partial charge in [0.05, 0.1) is 11.7 Å². The van der Waals surface area contributed by atoms with Gasteiger partial charge in [-0.2, -0.15) is 0 Å². The Morgan fingerprint density at radius 1 is 1.17 bits per heavy atom. The van der Waals surface area contributed by atoms with Crippen molar-refractivity contribution in [2.24, 2.45) is 5.41 Å². The van der Waals surface area contributed by atoms with Crippen LogP contribution in [0.1, 0.15) is 36.0 Å². The number of nitrogens with zero attached hydrogens (tertiary/aromatic N) is 2. The van der Waals surface area contributed by atoms with Crippen molar-refractivity contribution in [1.29, 1.82) is 0 Å². The molecule has 154 valence electrons. The molecular formula is C25H26N2OS2. The highest BCUT2D eigenvalue weighted by Crippen LogP contribution is 2.42. The van der Waals surface area contributed by atoms with Gasteiger partial charge < -0.3 is 0 Å². The van der Waals surface area contributed by atoms with Crippen molar-refractivity contribution in [2.75, 3.05) is 12.8 Å². The lowest BCUT2D eigenvalue weighted by molar-refractivity contribution is -0.128. The minimum Gasteiger partial charge on any atom is -0.294 e. The van der Waals surface area contributed by atoms with E-state index < -0.39 is 5.41 Å². The number of thioether (sulfide) groups is 1. The number of Topliss-reactive ketones (excluding diaryl/α,β-unsaturated/α-hetero) is 1. The van der Waals surface area contributed by atoms with Gasteiger partial charge in [-0.1, -0.05) is 38.1 Å². The average Bonchev–Trinajstić information content (AvgIpc) is 3.26.